The third-order valence-corrected chi connectivity index (χ3v) is 5.60. The van der Waals surface area contributed by atoms with E-state index < -0.39 is 17.7 Å². The van der Waals surface area contributed by atoms with Crippen LogP contribution in [0.25, 0.3) is 5.76 Å². The molecule has 1 aliphatic rings. The van der Waals surface area contributed by atoms with Crippen LogP contribution in [0.3, 0.4) is 0 Å². The molecular weight excluding hydrogens is 394 g/mol. The highest BCUT2D eigenvalue weighted by Crippen LogP contribution is 2.45. The van der Waals surface area contributed by atoms with Gasteiger partial charge in [0.1, 0.15) is 29.1 Å². The molecule has 1 atom stereocenters. The van der Waals surface area contributed by atoms with Gasteiger partial charge in [-0.1, -0.05) is 24.3 Å². The summed E-state index contributed by atoms with van der Waals surface area (Å²) in [5.41, 5.74) is 2.89. The van der Waals surface area contributed by atoms with Crippen LogP contribution in [0.5, 0.6) is 5.75 Å². The molecule has 3 aromatic rings. The summed E-state index contributed by atoms with van der Waals surface area (Å²) in [6.07, 6.45) is 0. The van der Waals surface area contributed by atoms with Crippen molar-refractivity contribution in [3.8, 4) is 5.75 Å². The molecule has 4 rings (SSSR count). The Bertz CT molecular complexity index is 1220. The molecular formula is C25H23NO5. The highest BCUT2D eigenvalue weighted by atomic mass is 16.5. The van der Waals surface area contributed by atoms with E-state index in [1.54, 1.807) is 55.5 Å². The lowest BCUT2D eigenvalue weighted by atomic mass is 9.97. The number of carbonyl (C=O) groups excluding carboxylic acids is 2. The maximum atomic E-state index is 13.2. The Morgan fingerprint density at radius 2 is 1.74 bits per heavy atom. The lowest BCUT2D eigenvalue weighted by Crippen LogP contribution is -2.29. The number of hydrogen-bond donors (Lipinski definition) is 1. The monoisotopic (exact) mass is 417 g/mol. The second kappa shape index (κ2) is 7.80. The third kappa shape index (κ3) is 3.40. The first kappa shape index (κ1) is 20.5. The van der Waals surface area contributed by atoms with E-state index in [0.29, 0.717) is 28.5 Å². The Morgan fingerprint density at radius 1 is 1.00 bits per heavy atom. The number of Topliss-reactive ketones (excluding diaryl/α,β-unsaturated/α-hetero) is 1. The van der Waals surface area contributed by atoms with Crippen LogP contribution >= 0.6 is 0 Å². The van der Waals surface area contributed by atoms with Crippen molar-refractivity contribution in [2.75, 3.05) is 12.0 Å². The molecule has 0 saturated carbocycles. The number of hydrogen-bond acceptors (Lipinski definition) is 5. The van der Waals surface area contributed by atoms with E-state index in [2.05, 4.69) is 0 Å². The molecule has 6 nitrogen and oxygen atoms in total. The van der Waals surface area contributed by atoms with Gasteiger partial charge in [-0.15, -0.1) is 0 Å². The Kier molecular flexibility index (Phi) is 5.15. The van der Waals surface area contributed by atoms with Crippen LogP contribution < -0.4 is 9.64 Å². The molecule has 1 aliphatic heterocycles. The van der Waals surface area contributed by atoms with E-state index in [0.717, 1.165) is 11.1 Å². The number of ketones is 1. The van der Waals surface area contributed by atoms with Gasteiger partial charge in [0.05, 0.1) is 18.4 Å². The molecule has 2 heterocycles. The summed E-state index contributed by atoms with van der Waals surface area (Å²) >= 11 is 0. The maximum absolute atomic E-state index is 13.2. The summed E-state index contributed by atoms with van der Waals surface area (Å²) in [6, 6.07) is 14.9. The van der Waals surface area contributed by atoms with Crippen LogP contribution in [-0.4, -0.2) is 23.9 Å². The van der Waals surface area contributed by atoms with Gasteiger partial charge in [-0.25, -0.2) is 0 Å². The number of furan rings is 1. The first-order chi connectivity index (χ1) is 14.8. The summed E-state index contributed by atoms with van der Waals surface area (Å²) in [5, 5.41) is 11.2. The van der Waals surface area contributed by atoms with Crippen LogP contribution in [0.2, 0.25) is 0 Å². The molecule has 6 heteroatoms. The van der Waals surface area contributed by atoms with Crippen LogP contribution in [0.1, 0.15) is 34.3 Å². The lowest BCUT2D eigenvalue weighted by Gasteiger charge is -2.25. The van der Waals surface area contributed by atoms with E-state index in [9.17, 15) is 14.7 Å². The van der Waals surface area contributed by atoms with E-state index in [4.69, 9.17) is 9.15 Å². The number of methoxy groups -OCH3 is 1. The smallest absolute Gasteiger partial charge is 0.300 e. The predicted molar refractivity (Wildman–Crippen MR) is 117 cm³/mol. The standard InChI is InChI=1S/C25H23NO5/c1-14-9-11-17(13-15(14)2)23(27)21-22(20-12-10-16(3)31-20)26(25(29)24(21)28)18-7-5-6-8-19(18)30-4/h5-13,22,27H,1-4H3/b23-21-. The fraction of sp³-hybridized carbons (Fsp3) is 0.200. The molecule has 31 heavy (non-hydrogen) atoms. The van der Waals surface area contributed by atoms with E-state index >= 15 is 0 Å². The molecule has 0 bridgehead atoms. The van der Waals surface area contributed by atoms with Crippen LogP contribution in [0.15, 0.2) is 64.6 Å². The summed E-state index contributed by atoms with van der Waals surface area (Å²) < 4.78 is 11.2. The highest BCUT2D eigenvalue weighted by molar-refractivity contribution is 6.51. The second-order valence-electron chi connectivity index (χ2n) is 7.59. The van der Waals surface area contributed by atoms with Gasteiger partial charge in [0, 0.05) is 5.56 Å². The zero-order chi connectivity index (χ0) is 22.3. The minimum absolute atomic E-state index is 0.0199. The van der Waals surface area contributed by atoms with Crippen molar-refractivity contribution >= 4 is 23.1 Å². The molecule has 0 spiro atoms. The van der Waals surface area contributed by atoms with Crippen molar-refractivity contribution in [1.29, 1.82) is 0 Å². The SMILES string of the molecule is COc1ccccc1N1C(=O)C(=O)/C(=C(\O)c2ccc(C)c(C)c2)C1c1ccc(C)o1. The number of aliphatic hydroxyl groups excluding tert-OH is 1. The minimum Gasteiger partial charge on any atom is -0.507 e. The van der Waals surface area contributed by atoms with Gasteiger partial charge in [-0.2, -0.15) is 0 Å². The van der Waals surface area contributed by atoms with Crippen molar-refractivity contribution in [1.82, 2.24) is 0 Å². The van der Waals surface area contributed by atoms with Gasteiger partial charge < -0.3 is 14.3 Å². The summed E-state index contributed by atoms with van der Waals surface area (Å²) in [4.78, 5) is 27.6. The topological polar surface area (TPSA) is 80.0 Å². The van der Waals surface area contributed by atoms with Gasteiger partial charge in [0.25, 0.3) is 11.7 Å². The maximum Gasteiger partial charge on any atom is 0.300 e. The number of aryl methyl sites for hydroxylation is 3. The fourth-order valence-electron chi connectivity index (χ4n) is 3.82. The molecule has 1 aromatic heterocycles. The van der Waals surface area contributed by atoms with E-state index in [1.165, 1.54) is 12.0 Å². The normalized spacial score (nSPS) is 17.9. The third-order valence-electron chi connectivity index (χ3n) is 5.60. The quantitative estimate of drug-likeness (QED) is 0.373. The zero-order valence-electron chi connectivity index (χ0n) is 17.8. The number of amides is 1. The predicted octanol–water partition coefficient (Wildman–Crippen LogP) is 4.84. The number of rotatable bonds is 4. The summed E-state index contributed by atoms with van der Waals surface area (Å²) in [5.74, 6) is -0.323. The number of para-hydroxylation sites is 2. The number of aliphatic hydroxyl groups is 1. The highest BCUT2D eigenvalue weighted by Gasteiger charge is 2.49. The molecule has 158 valence electrons. The summed E-state index contributed by atoms with van der Waals surface area (Å²) in [6.45, 7) is 5.67. The van der Waals surface area contributed by atoms with Crippen LogP contribution in [0, 0.1) is 20.8 Å². The van der Waals surface area contributed by atoms with Crippen LogP contribution in [0.4, 0.5) is 5.69 Å². The van der Waals surface area contributed by atoms with E-state index in [-0.39, 0.29) is 11.3 Å². The summed E-state index contributed by atoms with van der Waals surface area (Å²) in [7, 11) is 1.50. The first-order valence-electron chi connectivity index (χ1n) is 9.91. The molecule has 0 radical (unpaired) electrons. The number of benzene rings is 2. The zero-order valence-corrected chi connectivity index (χ0v) is 17.8. The lowest BCUT2D eigenvalue weighted by molar-refractivity contribution is -0.132. The first-order valence-corrected chi connectivity index (χ1v) is 9.91. The Balaban J connectivity index is 1.97. The number of anilines is 1. The molecule has 2 aromatic carbocycles. The number of nitrogens with zero attached hydrogens (tertiary/aromatic N) is 1. The van der Waals surface area contributed by atoms with Gasteiger partial charge in [0.2, 0.25) is 0 Å². The fourth-order valence-corrected chi connectivity index (χ4v) is 3.82. The van der Waals surface area contributed by atoms with Crippen molar-refractivity contribution in [3.63, 3.8) is 0 Å². The van der Waals surface area contributed by atoms with E-state index in [1.807, 2.05) is 19.9 Å². The Morgan fingerprint density at radius 3 is 2.39 bits per heavy atom. The molecule has 1 N–H and O–H groups in total. The Hall–Kier alpha value is -3.80. The van der Waals surface area contributed by atoms with Gasteiger partial charge in [-0.05, 0) is 62.2 Å². The van der Waals surface area contributed by atoms with Crippen molar-refractivity contribution in [2.45, 2.75) is 26.8 Å². The average molecular weight is 417 g/mol. The van der Waals surface area contributed by atoms with Gasteiger partial charge in [-0.3, -0.25) is 14.5 Å². The minimum atomic E-state index is -0.924. The van der Waals surface area contributed by atoms with Crippen LogP contribution in [-0.2, 0) is 9.59 Å². The molecule has 1 saturated heterocycles. The second-order valence-corrected chi connectivity index (χ2v) is 7.59. The Labute approximate surface area is 180 Å². The van der Waals surface area contributed by atoms with Gasteiger partial charge in [0.15, 0.2) is 0 Å². The van der Waals surface area contributed by atoms with Gasteiger partial charge >= 0.3 is 0 Å². The molecule has 1 unspecified atom stereocenters. The number of ether oxygens (including phenoxy) is 1. The molecule has 1 amide bonds. The van der Waals surface area contributed by atoms with Crippen molar-refractivity contribution in [2.24, 2.45) is 0 Å². The average Bonchev–Trinajstić information content (AvgIpc) is 3.30. The number of carbonyl (C=O) groups is 2. The van der Waals surface area contributed by atoms with Crippen molar-refractivity contribution < 1.29 is 23.8 Å². The van der Waals surface area contributed by atoms with Crippen molar-refractivity contribution in [3.05, 3.63) is 88.4 Å². The molecule has 1 fully saturated rings. The molecule has 0 aliphatic carbocycles. The largest absolute Gasteiger partial charge is 0.507 e.